The van der Waals surface area contributed by atoms with Crippen LogP contribution in [-0.4, -0.2) is 140 Å². The normalized spacial score (nSPS) is 20.4. The van der Waals surface area contributed by atoms with Gasteiger partial charge >= 0.3 is 0 Å². The van der Waals surface area contributed by atoms with E-state index < -0.39 is 92.4 Å². The molecule has 2 aliphatic rings. The number of nitrogens with one attached hydrogen (secondary N) is 6. The van der Waals surface area contributed by atoms with Crippen LogP contribution in [0.2, 0.25) is 18.1 Å². The van der Waals surface area contributed by atoms with Crippen molar-refractivity contribution >= 4 is 50.2 Å². The second kappa shape index (κ2) is 20.8. The second-order valence-corrected chi connectivity index (χ2v) is 21.7. The zero-order valence-electron chi connectivity index (χ0n) is 35.3. The summed E-state index contributed by atoms with van der Waals surface area (Å²) in [5, 5.41) is 48.6. The Labute approximate surface area is 356 Å². The molecule has 334 valence electrons. The molecule has 2 aliphatic heterocycles. The molecule has 2 aromatic carbocycles. The van der Waals surface area contributed by atoms with Gasteiger partial charge in [-0.1, -0.05) is 70.2 Å². The van der Waals surface area contributed by atoms with Crippen LogP contribution in [0.3, 0.4) is 0 Å². The molecule has 2 heterocycles. The van der Waals surface area contributed by atoms with Gasteiger partial charge in [0.05, 0.1) is 37.8 Å². The number of aromatic hydroxyl groups is 1. The lowest BCUT2D eigenvalue weighted by Crippen LogP contribution is -2.67. The fourth-order valence-electron chi connectivity index (χ4n) is 6.35. The van der Waals surface area contributed by atoms with Gasteiger partial charge in [0.25, 0.3) is 0 Å². The van der Waals surface area contributed by atoms with E-state index in [1.165, 1.54) is 24.3 Å². The Bertz CT molecular complexity index is 1910. The van der Waals surface area contributed by atoms with E-state index in [-0.39, 0.29) is 48.8 Å². The lowest BCUT2D eigenvalue weighted by atomic mass is 9.93. The van der Waals surface area contributed by atoms with Crippen LogP contribution in [0, 0.1) is 0 Å². The number of phenolic OH excluding ortho intramolecular Hbond substituents is 1. The van der Waals surface area contributed by atoms with Gasteiger partial charge in [-0.15, -0.1) is 0 Å². The number of benzene rings is 2. The Kier molecular flexibility index (Phi) is 16.4. The van der Waals surface area contributed by atoms with E-state index in [1.807, 2.05) is 52.1 Å². The number of carbonyl (C=O) groups is 5. The number of phenols is 1. The van der Waals surface area contributed by atoms with Crippen molar-refractivity contribution < 1.29 is 43.7 Å². The minimum Gasteiger partial charge on any atom is -0.508 e. The fraction of sp³-hybridized carbons (Fsp3) is 0.525. The first-order chi connectivity index (χ1) is 28.6. The zero-order chi connectivity index (χ0) is 45.2. The van der Waals surface area contributed by atoms with Gasteiger partial charge in [0.15, 0.2) is 20.2 Å². The summed E-state index contributed by atoms with van der Waals surface area (Å²) in [5.74, 6) is -4.32. The number of rotatable bonds is 20. The lowest BCUT2D eigenvalue weighted by Gasteiger charge is -2.37. The predicted octanol–water partition coefficient (Wildman–Crippen LogP) is -2.48. The smallest absolute Gasteiger partial charge is 0.246 e. The number of nitrogens with zero attached hydrogens (tertiary/aromatic N) is 2. The lowest BCUT2D eigenvalue weighted by molar-refractivity contribution is -0.138. The Morgan fingerprint density at radius 1 is 0.836 bits per heavy atom. The summed E-state index contributed by atoms with van der Waals surface area (Å²) < 4.78 is 6.15. The Morgan fingerprint density at radius 3 is 1.82 bits per heavy atom. The number of nitrogens with two attached hydrogens (primary N) is 3. The summed E-state index contributed by atoms with van der Waals surface area (Å²) in [7, 11) is -2.38. The number of carbonyl (C=O) groups excluding carboxylic acids is 5. The molecule has 0 bridgehead atoms. The van der Waals surface area contributed by atoms with Crippen LogP contribution >= 0.6 is 0 Å². The van der Waals surface area contributed by atoms with E-state index in [2.05, 4.69) is 41.9 Å². The molecule has 0 fully saturated rings. The van der Waals surface area contributed by atoms with Crippen LogP contribution in [0.25, 0.3) is 0 Å². The van der Waals surface area contributed by atoms with Crippen molar-refractivity contribution in [1.29, 1.82) is 0 Å². The third-order valence-electron chi connectivity index (χ3n) is 11.3. The van der Waals surface area contributed by atoms with Gasteiger partial charge in [-0.05, 0) is 41.4 Å². The molecule has 10 unspecified atom stereocenters. The highest BCUT2D eigenvalue weighted by Gasteiger charge is 2.43. The number of aliphatic imine (C=N–C) groups is 2. The third-order valence-corrected chi connectivity index (χ3v) is 15.8. The Morgan fingerprint density at radius 2 is 1.34 bits per heavy atom. The van der Waals surface area contributed by atoms with Crippen molar-refractivity contribution in [3.8, 4) is 5.75 Å². The van der Waals surface area contributed by atoms with Gasteiger partial charge in [-0.25, -0.2) is 0 Å². The van der Waals surface area contributed by atoms with Crippen LogP contribution < -0.4 is 49.1 Å². The molecule has 0 saturated heterocycles. The second-order valence-electron chi connectivity index (χ2n) is 16.9. The number of aliphatic hydroxyl groups is 2. The third kappa shape index (κ3) is 12.9. The first-order valence-electron chi connectivity index (χ1n) is 20.0. The molecular weight excluding hydrogens is 807 g/mol. The molecule has 0 saturated carbocycles. The average molecular weight is 868 g/mol. The van der Waals surface area contributed by atoms with Gasteiger partial charge < -0.3 is 73.6 Å². The molecular formula is C40H61N11O9Si. The molecule has 61 heavy (non-hydrogen) atoms. The molecule has 0 aliphatic carbocycles. The van der Waals surface area contributed by atoms with Gasteiger partial charge in [0, 0.05) is 12.3 Å². The van der Waals surface area contributed by atoms with E-state index in [0.29, 0.717) is 11.8 Å². The molecule has 4 rings (SSSR count). The van der Waals surface area contributed by atoms with Gasteiger partial charge in [0.1, 0.15) is 48.4 Å². The van der Waals surface area contributed by atoms with Gasteiger partial charge in [-0.2, -0.15) is 0 Å². The van der Waals surface area contributed by atoms with Crippen LogP contribution in [0.15, 0.2) is 64.6 Å². The van der Waals surface area contributed by atoms with E-state index in [9.17, 15) is 39.3 Å². The maximum absolute atomic E-state index is 14.4. The maximum atomic E-state index is 14.4. The minimum atomic E-state index is -2.38. The summed E-state index contributed by atoms with van der Waals surface area (Å²) in [5.41, 5.74) is 19.3. The molecule has 0 aromatic heterocycles. The number of hydrogen-bond donors (Lipinski definition) is 12. The van der Waals surface area contributed by atoms with Crippen molar-refractivity contribution in [1.82, 2.24) is 31.9 Å². The standard InChI is InChI=1S/C40H61N11O9Si/c1-21(23-10-8-7-9-11-23)29(41)35(57)47-26(16-22-12-14-25(53)15-13-22)34(56)50-31(33(55)28-18-45-39(43)49-28)37(59)51-30(32(54)27-17-44-38(42)48-27)36(58)46-24(19-52)20-60-61(5,6)40(2,3)4/h7-15,19,21,24,26-33,53-55H,16-18,20,41H2,1-6H3,(H,46,58)(H,47,57)(H,50,56)(H,51,59)(H3,42,44,48)(H3,43,45,49). The van der Waals surface area contributed by atoms with Crippen molar-refractivity contribution in [2.24, 2.45) is 27.2 Å². The molecule has 21 heteroatoms. The van der Waals surface area contributed by atoms with Gasteiger partial charge in [0.2, 0.25) is 23.6 Å². The Hall–Kier alpha value is -5.61. The van der Waals surface area contributed by atoms with E-state index >= 15 is 0 Å². The summed E-state index contributed by atoms with van der Waals surface area (Å²) in [6, 6.07) is 5.58. The molecule has 15 N–H and O–H groups in total. The molecule has 20 nitrogen and oxygen atoms in total. The van der Waals surface area contributed by atoms with E-state index in [1.54, 1.807) is 19.1 Å². The van der Waals surface area contributed by atoms with E-state index in [4.69, 9.17) is 21.6 Å². The SMILES string of the molecule is CC(c1ccccc1)C(N)C(=O)NC(Cc1ccc(O)cc1)C(=O)NC(C(=O)NC(C(=O)NC(C=O)CO[Si](C)(C)C(C)(C)C)C(O)C1CN=C(N)N1)C(O)C1CN=C(N)N1. The quantitative estimate of drug-likeness (QED) is 0.0485. The van der Waals surface area contributed by atoms with Crippen LogP contribution in [0.4, 0.5) is 0 Å². The predicted molar refractivity (Wildman–Crippen MR) is 230 cm³/mol. The van der Waals surface area contributed by atoms with Crippen molar-refractivity contribution in [3.63, 3.8) is 0 Å². The summed E-state index contributed by atoms with van der Waals surface area (Å²) in [6.45, 7) is 11.4. The number of amides is 4. The molecule has 4 amide bonds. The van der Waals surface area contributed by atoms with Crippen LogP contribution in [-0.2, 0) is 34.8 Å². The average Bonchev–Trinajstić information content (AvgIpc) is 3.87. The van der Waals surface area contributed by atoms with Crippen molar-refractivity contribution in [2.75, 3.05) is 19.7 Å². The minimum absolute atomic E-state index is 0.0203. The highest BCUT2D eigenvalue weighted by atomic mass is 28.4. The first kappa shape index (κ1) is 48.1. The molecule has 0 radical (unpaired) electrons. The highest BCUT2D eigenvalue weighted by Crippen LogP contribution is 2.36. The topological polar surface area (TPSA) is 330 Å². The van der Waals surface area contributed by atoms with E-state index in [0.717, 1.165) is 5.56 Å². The van der Waals surface area contributed by atoms with Crippen LogP contribution in [0.1, 0.15) is 44.7 Å². The number of hydrogen-bond acceptors (Lipinski definition) is 16. The summed E-state index contributed by atoms with van der Waals surface area (Å²) >= 11 is 0. The summed E-state index contributed by atoms with van der Waals surface area (Å²) in [4.78, 5) is 76.6. The van der Waals surface area contributed by atoms with Gasteiger partial charge in [-0.3, -0.25) is 29.2 Å². The number of aliphatic hydroxyl groups excluding tert-OH is 2. The Balaban J connectivity index is 1.64. The highest BCUT2D eigenvalue weighted by molar-refractivity contribution is 6.74. The first-order valence-corrected chi connectivity index (χ1v) is 22.9. The van der Waals surface area contributed by atoms with Crippen LogP contribution in [0.5, 0.6) is 5.75 Å². The largest absolute Gasteiger partial charge is 0.508 e. The number of guanidine groups is 2. The molecule has 10 atom stereocenters. The number of aldehydes is 1. The fourth-order valence-corrected chi connectivity index (χ4v) is 7.38. The molecule has 0 spiro atoms. The summed E-state index contributed by atoms with van der Waals surface area (Å²) in [6.07, 6.45) is -3.14. The zero-order valence-corrected chi connectivity index (χ0v) is 36.3. The monoisotopic (exact) mass is 867 g/mol. The maximum Gasteiger partial charge on any atom is 0.246 e. The molecule has 2 aromatic rings. The van der Waals surface area contributed by atoms with Crippen molar-refractivity contribution in [3.05, 3.63) is 65.7 Å². The van der Waals surface area contributed by atoms with Crippen molar-refractivity contribution in [2.45, 2.75) is 113 Å².